The Bertz CT molecular complexity index is 568. The molecular weight excluding hydrogens is 204 g/mol. The van der Waals surface area contributed by atoms with Crippen molar-refractivity contribution < 1.29 is 0 Å². The van der Waals surface area contributed by atoms with Crippen LogP contribution in [0.15, 0.2) is 23.3 Å². The second kappa shape index (κ2) is 3.92. The van der Waals surface area contributed by atoms with E-state index in [4.69, 9.17) is 0 Å². The molecule has 0 fully saturated rings. The van der Waals surface area contributed by atoms with Crippen molar-refractivity contribution in [2.45, 2.75) is 20.4 Å². The monoisotopic (exact) mass is 218 g/mol. The Morgan fingerprint density at radius 1 is 1.44 bits per heavy atom. The molecule has 2 aromatic heterocycles. The van der Waals surface area contributed by atoms with Gasteiger partial charge in [-0.05, 0) is 19.9 Å². The second-order valence-corrected chi connectivity index (χ2v) is 3.68. The van der Waals surface area contributed by atoms with Crippen LogP contribution in [0.5, 0.6) is 0 Å². The molecule has 84 valence electrons. The van der Waals surface area contributed by atoms with Gasteiger partial charge in [0.05, 0.1) is 11.4 Å². The zero-order valence-corrected chi connectivity index (χ0v) is 9.64. The average Bonchev–Trinajstić information content (AvgIpc) is 2.63. The van der Waals surface area contributed by atoms with Crippen LogP contribution >= 0.6 is 0 Å². The van der Waals surface area contributed by atoms with E-state index in [1.165, 1.54) is 4.57 Å². The number of hydrogen-bond acceptors (Lipinski definition) is 3. The minimum absolute atomic E-state index is 0.0999. The van der Waals surface area contributed by atoms with Gasteiger partial charge in [0, 0.05) is 26.0 Å². The molecule has 0 atom stereocenters. The maximum atomic E-state index is 11.9. The van der Waals surface area contributed by atoms with Gasteiger partial charge in [-0.25, -0.2) is 4.98 Å². The van der Waals surface area contributed by atoms with E-state index in [0.717, 1.165) is 17.9 Å². The van der Waals surface area contributed by atoms with Gasteiger partial charge in [0.25, 0.3) is 5.56 Å². The highest BCUT2D eigenvalue weighted by Gasteiger charge is 2.12. The first-order valence-electron chi connectivity index (χ1n) is 5.20. The number of aromatic nitrogens is 4. The summed E-state index contributed by atoms with van der Waals surface area (Å²) in [6.07, 6.45) is 3.27. The molecule has 5 nitrogen and oxygen atoms in total. The second-order valence-electron chi connectivity index (χ2n) is 3.68. The van der Waals surface area contributed by atoms with E-state index in [1.807, 2.05) is 19.9 Å². The molecule has 0 N–H and O–H groups in total. The van der Waals surface area contributed by atoms with Gasteiger partial charge in [-0.3, -0.25) is 9.48 Å². The van der Waals surface area contributed by atoms with Gasteiger partial charge in [-0.2, -0.15) is 5.10 Å². The highest BCUT2D eigenvalue weighted by atomic mass is 16.1. The van der Waals surface area contributed by atoms with Crippen molar-refractivity contribution in [2.75, 3.05) is 0 Å². The predicted molar refractivity (Wildman–Crippen MR) is 61.1 cm³/mol. The fourth-order valence-electron chi connectivity index (χ4n) is 1.65. The molecule has 0 amide bonds. The Labute approximate surface area is 93.4 Å². The van der Waals surface area contributed by atoms with Gasteiger partial charge in [-0.1, -0.05) is 0 Å². The van der Waals surface area contributed by atoms with E-state index in [9.17, 15) is 4.79 Å². The number of rotatable bonds is 2. The van der Waals surface area contributed by atoms with E-state index in [1.54, 1.807) is 24.1 Å². The summed E-state index contributed by atoms with van der Waals surface area (Å²) in [5.41, 5.74) is 2.02. The molecular formula is C11H14N4O. The molecule has 0 spiro atoms. The van der Waals surface area contributed by atoms with Gasteiger partial charge >= 0.3 is 0 Å². The van der Waals surface area contributed by atoms with Crippen molar-refractivity contribution in [1.29, 1.82) is 0 Å². The third-order valence-electron chi connectivity index (χ3n) is 2.46. The Kier molecular flexibility index (Phi) is 2.60. The molecule has 0 saturated carbocycles. The Hall–Kier alpha value is -1.91. The predicted octanol–water partition coefficient (Wildman–Crippen LogP) is 0.972. The van der Waals surface area contributed by atoms with Crippen LogP contribution in [0.1, 0.15) is 12.6 Å². The molecule has 2 heterocycles. The summed E-state index contributed by atoms with van der Waals surface area (Å²) in [6.45, 7) is 4.62. The lowest BCUT2D eigenvalue weighted by molar-refractivity contribution is 0.657. The molecule has 0 aromatic carbocycles. The summed E-state index contributed by atoms with van der Waals surface area (Å²) in [5.74, 6) is 0. The number of aryl methyl sites for hydroxylation is 3. The molecule has 5 heteroatoms. The molecule has 0 unspecified atom stereocenters. The van der Waals surface area contributed by atoms with Crippen molar-refractivity contribution in [3.63, 3.8) is 0 Å². The van der Waals surface area contributed by atoms with E-state index in [-0.39, 0.29) is 5.56 Å². The standard InChI is InChI=1S/C11H14N4O/c1-4-15-9(7-8(2)13-15)10-11(16)14(3)6-5-12-10/h5-7H,4H2,1-3H3. The van der Waals surface area contributed by atoms with Crippen molar-refractivity contribution >= 4 is 0 Å². The smallest absolute Gasteiger partial charge is 0.278 e. The average molecular weight is 218 g/mol. The maximum Gasteiger partial charge on any atom is 0.278 e. The van der Waals surface area contributed by atoms with E-state index in [0.29, 0.717) is 5.69 Å². The lowest BCUT2D eigenvalue weighted by Gasteiger charge is -2.04. The van der Waals surface area contributed by atoms with E-state index < -0.39 is 0 Å². The maximum absolute atomic E-state index is 11.9. The van der Waals surface area contributed by atoms with Crippen molar-refractivity contribution in [1.82, 2.24) is 19.3 Å². The highest BCUT2D eigenvalue weighted by Crippen LogP contribution is 2.14. The highest BCUT2D eigenvalue weighted by molar-refractivity contribution is 5.53. The Morgan fingerprint density at radius 3 is 2.88 bits per heavy atom. The summed E-state index contributed by atoms with van der Waals surface area (Å²) < 4.78 is 3.31. The van der Waals surface area contributed by atoms with Crippen LogP contribution in [0.2, 0.25) is 0 Å². The normalized spacial score (nSPS) is 10.7. The minimum atomic E-state index is -0.0999. The van der Waals surface area contributed by atoms with Gasteiger partial charge in [0.2, 0.25) is 0 Å². The summed E-state index contributed by atoms with van der Waals surface area (Å²) >= 11 is 0. The molecule has 0 radical (unpaired) electrons. The van der Waals surface area contributed by atoms with Crippen LogP contribution in [0.4, 0.5) is 0 Å². The van der Waals surface area contributed by atoms with Crippen molar-refractivity contribution in [3.05, 3.63) is 34.5 Å². The van der Waals surface area contributed by atoms with Crippen LogP contribution in [0, 0.1) is 6.92 Å². The Balaban J connectivity index is 2.67. The van der Waals surface area contributed by atoms with E-state index >= 15 is 0 Å². The van der Waals surface area contributed by atoms with Crippen LogP contribution in [-0.4, -0.2) is 19.3 Å². The fourth-order valence-corrected chi connectivity index (χ4v) is 1.65. The van der Waals surface area contributed by atoms with Crippen LogP contribution in [0.3, 0.4) is 0 Å². The Morgan fingerprint density at radius 2 is 2.19 bits per heavy atom. The number of hydrogen-bond donors (Lipinski definition) is 0. The molecule has 0 bridgehead atoms. The van der Waals surface area contributed by atoms with Crippen molar-refractivity contribution in [3.8, 4) is 11.4 Å². The molecule has 2 rings (SSSR count). The third-order valence-corrected chi connectivity index (χ3v) is 2.46. The van der Waals surface area contributed by atoms with Gasteiger partial charge in [0.15, 0.2) is 5.69 Å². The molecule has 2 aromatic rings. The zero-order chi connectivity index (χ0) is 11.7. The fraction of sp³-hybridized carbons (Fsp3) is 0.364. The molecule has 0 aliphatic rings. The minimum Gasteiger partial charge on any atom is -0.315 e. The molecule has 16 heavy (non-hydrogen) atoms. The topological polar surface area (TPSA) is 52.7 Å². The summed E-state index contributed by atoms with van der Waals surface area (Å²) in [5, 5.41) is 4.30. The van der Waals surface area contributed by atoms with Gasteiger partial charge < -0.3 is 4.57 Å². The molecule has 0 aliphatic carbocycles. The van der Waals surface area contributed by atoms with Crippen LogP contribution < -0.4 is 5.56 Å². The lowest BCUT2D eigenvalue weighted by atomic mass is 10.3. The molecule has 0 aliphatic heterocycles. The number of nitrogens with zero attached hydrogens (tertiary/aromatic N) is 4. The van der Waals surface area contributed by atoms with Crippen LogP contribution in [-0.2, 0) is 13.6 Å². The summed E-state index contributed by atoms with van der Waals surface area (Å²) in [4.78, 5) is 16.0. The quantitative estimate of drug-likeness (QED) is 0.754. The van der Waals surface area contributed by atoms with E-state index in [2.05, 4.69) is 10.1 Å². The van der Waals surface area contributed by atoms with Crippen molar-refractivity contribution in [2.24, 2.45) is 7.05 Å². The van der Waals surface area contributed by atoms with Crippen LogP contribution in [0.25, 0.3) is 11.4 Å². The SMILES string of the molecule is CCn1nc(C)cc1-c1nccn(C)c1=O. The first kappa shape index (κ1) is 10.6. The lowest BCUT2D eigenvalue weighted by Crippen LogP contribution is -2.20. The summed E-state index contributed by atoms with van der Waals surface area (Å²) in [7, 11) is 1.72. The molecule has 0 saturated heterocycles. The zero-order valence-electron chi connectivity index (χ0n) is 9.64. The first-order valence-corrected chi connectivity index (χ1v) is 5.20. The third kappa shape index (κ3) is 1.64. The van der Waals surface area contributed by atoms with Gasteiger partial charge in [-0.15, -0.1) is 0 Å². The first-order chi connectivity index (χ1) is 7.63. The largest absolute Gasteiger partial charge is 0.315 e. The summed E-state index contributed by atoms with van der Waals surface area (Å²) in [6, 6.07) is 1.88. The van der Waals surface area contributed by atoms with Gasteiger partial charge in [0.1, 0.15) is 0 Å².